The van der Waals surface area contributed by atoms with Crippen molar-refractivity contribution in [1.29, 1.82) is 0 Å². The number of aromatic nitrogens is 4. The summed E-state index contributed by atoms with van der Waals surface area (Å²) in [5.41, 5.74) is 2.82. The summed E-state index contributed by atoms with van der Waals surface area (Å²) in [6, 6.07) is 31.9. The molecule has 0 radical (unpaired) electrons. The number of hydrogen-bond donors (Lipinski definition) is 0. The third kappa shape index (κ3) is 5.87. The van der Waals surface area contributed by atoms with Crippen LogP contribution < -0.4 is 0 Å². The highest BCUT2D eigenvalue weighted by atomic mass is 15.6. The van der Waals surface area contributed by atoms with Crippen molar-refractivity contribution in [3.8, 4) is 0 Å². The molecule has 0 unspecified atom stereocenters. The quantitative estimate of drug-likeness (QED) is 0.142. The van der Waals surface area contributed by atoms with Crippen molar-refractivity contribution in [2.45, 2.75) is 76.7 Å². The highest BCUT2D eigenvalue weighted by Crippen LogP contribution is 2.40. The molecule has 0 aliphatic rings. The van der Waals surface area contributed by atoms with Gasteiger partial charge in [-0.3, -0.25) is 0 Å². The van der Waals surface area contributed by atoms with Gasteiger partial charge in [-0.2, -0.15) is 0 Å². The van der Waals surface area contributed by atoms with Crippen LogP contribution in [-0.4, -0.2) is 20.2 Å². The number of hydrogen-bond acceptors (Lipinski definition) is 3. The summed E-state index contributed by atoms with van der Waals surface area (Å²) in [7, 11) is 0. The summed E-state index contributed by atoms with van der Waals surface area (Å²) >= 11 is 0. The first kappa shape index (κ1) is 24.8. The third-order valence-corrected chi connectivity index (χ3v) is 6.93. The molecule has 4 heteroatoms. The predicted octanol–water partition coefficient (Wildman–Crippen LogP) is 7.59. The maximum absolute atomic E-state index is 4.63. The van der Waals surface area contributed by atoms with E-state index in [-0.39, 0.29) is 0 Å². The molecular formula is C31H38N4. The second-order valence-corrected chi connectivity index (χ2v) is 9.39. The molecule has 4 rings (SSSR count). The summed E-state index contributed by atoms with van der Waals surface area (Å²) in [6.07, 6.45) is 12.6. The molecule has 0 N–H and O–H groups in total. The van der Waals surface area contributed by atoms with Crippen molar-refractivity contribution in [2.75, 3.05) is 0 Å². The molecule has 35 heavy (non-hydrogen) atoms. The Hall–Kier alpha value is -3.27. The lowest BCUT2D eigenvalue weighted by atomic mass is 9.77. The number of unbranched alkanes of at least 4 members (excludes halogenated alkanes) is 8. The van der Waals surface area contributed by atoms with Gasteiger partial charge < -0.3 is 0 Å². The van der Waals surface area contributed by atoms with Crippen molar-refractivity contribution < 1.29 is 0 Å². The lowest BCUT2D eigenvalue weighted by molar-refractivity contribution is 0.426. The SMILES string of the molecule is CCCCCCCCCCCc1nnnn1C(c1ccccc1)(c1ccccc1)c1ccccc1. The number of tetrazole rings is 1. The van der Waals surface area contributed by atoms with E-state index in [1.165, 1.54) is 51.4 Å². The van der Waals surface area contributed by atoms with Crippen LogP contribution in [-0.2, 0) is 12.0 Å². The zero-order chi connectivity index (χ0) is 24.2. The van der Waals surface area contributed by atoms with Gasteiger partial charge >= 0.3 is 0 Å². The van der Waals surface area contributed by atoms with E-state index in [1.54, 1.807) is 0 Å². The van der Waals surface area contributed by atoms with E-state index in [9.17, 15) is 0 Å². The van der Waals surface area contributed by atoms with Crippen LogP contribution in [0, 0.1) is 0 Å². The van der Waals surface area contributed by atoms with Crippen molar-refractivity contribution in [3.63, 3.8) is 0 Å². The molecule has 3 aromatic carbocycles. The Kier molecular flexibility index (Phi) is 9.22. The molecule has 0 atom stereocenters. The second kappa shape index (κ2) is 13.0. The lowest BCUT2D eigenvalue weighted by Gasteiger charge is -2.36. The van der Waals surface area contributed by atoms with Crippen molar-refractivity contribution in [3.05, 3.63) is 114 Å². The molecular weight excluding hydrogens is 428 g/mol. The highest BCUT2D eigenvalue weighted by Gasteiger charge is 2.41. The van der Waals surface area contributed by atoms with Gasteiger partial charge in [-0.05, 0) is 33.5 Å². The largest absolute Gasteiger partial charge is 0.210 e. The molecule has 0 amide bonds. The molecule has 0 saturated heterocycles. The van der Waals surface area contributed by atoms with Gasteiger partial charge in [-0.15, -0.1) is 5.10 Å². The van der Waals surface area contributed by atoms with Crippen LogP contribution in [0.15, 0.2) is 91.0 Å². The summed E-state index contributed by atoms with van der Waals surface area (Å²) < 4.78 is 2.07. The van der Waals surface area contributed by atoms with Gasteiger partial charge in [0.1, 0.15) is 5.54 Å². The summed E-state index contributed by atoms with van der Waals surface area (Å²) in [4.78, 5) is 0. The molecule has 0 bridgehead atoms. The van der Waals surface area contributed by atoms with E-state index in [4.69, 9.17) is 0 Å². The molecule has 0 saturated carbocycles. The van der Waals surface area contributed by atoms with Crippen molar-refractivity contribution in [2.24, 2.45) is 0 Å². The fourth-order valence-electron chi connectivity index (χ4n) is 5.12. The standard InChI is InChI=1S/C31H38N4/c1-2-3-4-5-6-7-8-9-19-26-30-32-33-34-35(30)31(27-20-13-10-14-21-27,28-22-15-11-16-23-28)29-24-17-12-18-25-29/h10-18,20-25H,2-9,19,26H2,1H3. The number of benzene rings is 3. The minimum absolute atomic E-state index is 0.637. The van der Waals surface area contributed by atoms with E-state index in [1.807, 2.05) is 0 Å². The molecule has 4 aromatic rings. The Labute approximate surface area is 210 Å². The fourth-order valence-corrected chi connectivity index (χ4v) is 5.12. The molecule has 1 heterocycles. The topological polar surface area (TPSA) is 43.6 Å². The molecule has 0 aliphatic carbocycles. The molecule has 0 spiro atoms. The summed E-state index contributed by atoms with van der Waals surface area (Å²) in [6.45, 7) is 2.27. The van der Waals surface area contributed by atoms with Crippen LogP contribution in [0.1, 0.15) is 87.2 Å². The van der Waals surface area contributed by atoms with Gasteiger partial charge in [-0.1, -0.05) is 149 Å². The van der Waals surface area contributed by atoms with Gasteiger partial charge in [0.05, 0.1) is 0 Å². The zero-order valence-corrected chi connectivity index (χ0v) is 21.0. The highest BCUT2D eigenvalue weighted by molar-refractivity contribution is 5.50. The lowest BCUT2D eigenvalue weighted by Crippen LogP contribution is -2.40. The third-order valence-electron chi connectivity index (χ3n) is 6.93. The Morgan fingerprint density at radius 1 is 0.571 bits per heavy atom. The smallest absolute Gasteiger partial charge is 0.153 e. The van der Waals surface area contributed by atoms with Gasteiger partial charge in [0, 0.05) is 6.42 Å². The Morgan fingerprint density at radius 3 is 1.46 bits per heavy atom. The number of rotatable bonds is 14. The van der Waals surface area contributed by atoms with E-state index in [0.29, 0.717) is 0 Å². The van der Waals surface area contributed by atoms with Crippen molar-refractivity contribution in [1.82, 2.24) is 20.2 Å². The Balaban J connectivity index is 1.61. The molecule has 182 valence electrons. The van der Waals surface area contributed by atoms with Gasteiger partial charge in [-0.25, -0.2) is 4.68 Å². The minimum Gasteiger partial charge on any atom is -0.210 e. The number of aryl methyl sites for hydroxylation is 1. The Morgan fingerprint density at radius 2 is 1.00 bits per heavy atom. The first-order valence-electron chi connectivity index (χ1n) is 13.3. The number of nitrogens with zero attached hydrogens (tertiary/aromatic N) is 4. The summed E-state index contributed by atoms with van der Waals surface area (Å²) in [5.74, 6) is 0.935. The summed E-state index contributed by atoms with van der Waals surface area (Å²) in [5, 5.41) is 13.3. The predicted molar refractivity (Wildman–Crippen MR) is 143 cm³/mol. The first-order chi connectivity index (χ1) is 17.4. The molecule has 0 aliphatic heterocycles. The van der Waals surface area contributed by atoms with Crippen LogP contribution >= 0.6 is 0 Å². The van der Waals surface area contributed by atoms with Crippen LogP contribution in [0.2, 0.25) is 0 Å². The van der Waals surface area contributed by atoms with Crippen LogP contribution in [0.3, 0.4) is 0 Å². The van der Waals surface area contributed by atoms with Crippen molar-refractivity contribution >= 4 is 0 Å². The monoisotopic (exact) mass is 466 g/mol. The minimum atomic E-state index is -0.637. The van der Waals surface area contributed by atoms with E-state index in [2.05, 4.69) is 118 Å². The normalized spacial score (nSPS) is 11.6. The average Bonchev–Trinajstić information content (AvgIpc) is 3.39. The van der Waals surface area contributed by atoms with Gasteiger partial charge in [0.15, 0.2) is 5.82 Å². The van der Waals surface area contributed by atoms with E-state index >= 15 is 0 Å². The maximum atomic E-state index is 4.63. The zero-order valence-electron chi connectivity index (χ0n) is 21.0. The average molecular weight is 467 g/mol. The van der Waals surface area contributed by atoms with Gasteiger partial charge in [0.2, 0.25) is 0 Å². The molecule has 4 nitrogen and oxygen atoms in total. The van der Waals surface area contributed by atoms with Crippen LogP contribution in [0.25, 0.3) is 0 Å². The first-order valence-corrected chi connectivity index (χ1v) is 13.3. The van der Waals surface area contributed by atoms with E-state index < -0.39 is 5.54 Å². The second-order valence-electron chi connectivity index (χ2n) is 9.39. The molecule has 1 aromatic heterocycles. The van der Waals surface area contributed by atoms with Crippen LogP contribution in [0.4, 0.5) is 0 Å². The van der Waals surface area contributed by atoms with Crippen LogP contribution in [0.5, 0.6) is 0 Å². The molecule has 0 fully saturated rings. The fraction of sp³-hybridized carbons (Fsp3) is 0.387. The Bertz CT molecular complexity index is 1010. The maximum Gasteiger partial charge on any atom is 0.153 e. The van der Waals surface area contributed by atoms with E-state index in [0.717, 1.165) is 35.4 Å². The van der Waals surface area contributed by atoms with Gasteiger partial charge in [0.25, 0.3) is 0 Å².